The van der Waals surface area contributed by atoms with Gasteiger partial charge in [0.05, 0.1) is 5.16 Å². The van der Waals surface area contributed by atoms with Crippen LogP contribution in [0.25, 0.3) is 0 Å². The Balaban J connectivity index is 2.96. The van der Waals surface area contributed by atoms with Crippen LogP contribution in [0.4, 0.5) is 0 Å². The van der Waals surface area contributed by atoms with Crippen molar-refractivity contribution in [2.75, 3.05) is 19.7 Å². The number of hydrogen-bond acceptors (Lipinski definition) is 5. The van der Waals surface area contributed by atoms with E-state index >= 15 is 0 Å². The Morgan fingerprint density at radius 2 is 1.85 bits per heavy atom. The van der Waals surface area contributed by atoms with Gasteiger partial charge in [0.25, 0.3) is 0 Å². The van der Waals surface area contributed by atoms with E-state index in [1.165, 1.54) is 6.92 Å². The van der Waals surface area contributed by atoms with Crippen LogP contribution in [0, 0.1) is 5.92 Å². The van der Waals surface area contributed by atoms with Crippen molar-refractivity contribution in [2.24, 2.45) is 5.92 Å². The van der Waals surface area contributed by atoms with E-state index in [1.807, 2.05) is 18.7 Å². The van der Waals surface area contributed by atoms with Crippen LogP contribution in [0.2, 0.25) is 11.1 Å². The molecule has 1 fully saturated rings. The van der Waals surface area contributed by atoms with Crippen molar-refractivity contribution in [1.29, 1.82) is 0 Å². The number of nitrogens with zero attached hydrogens (tertiary/aromatic N) is 1. The van der Waals surface area contributed by atoms with E-state index in [0.717, 1.165) is 6.29 Å². The molecular formula is C19H36N2O5Si. The first-order valence-corrected chi connectivity index (χ1v) is 11.8. The van der Waals surface area contributed by atoms with Crippen LogP contribution in [-0.4, -0.2) is 67.4 Å². The van der Waals surface area contributed by atoms with Crippen molar-refractivity contribution in [3.8, 4) is 0 Å². The topological polar surface area (TPSA) is 95.9 Å². The largest absolute Gasteiger partial charge is 0.480 e. The minimum Gasteiger partial charge on any atom is -0.480 e. The van der Waals surface area contributed by atoms with Crippen molar-refractivity contribution in [2.45, 2.75) is 77.2 Å². The van der Waals surface area contributed by atoms with E-state index in [-0.39, 0.29) is 22.9 Å². The third-order valence-electron chi connectivity index (χ3n) is 5.81. The molecule has 27 heavy (non-hydrogen) atoms. The van der Waals surface area contributed by atoms with Crippen LogP contribution in [0.1, 0.15) is 54.9 Å². The molecule has 0 radical (unpaired) electrons. The molecule has 0 aromatic rings. The molecule has 8 heteroatoms. The molecule has 0 bridgehead atoms. The highest BCUT2D eigenvalue weighted by molar-refractivity contribution is 6.79. The summed E-state index contributed by atoms with van der Waals surface area (Å²) in [5, 5.41) is 12.0. The molecule has 1 aliphatic heterocycles. The zero-order valence-corrected chi connectivity index (χ0v) is 18.7. The smallest absolute Gasteiger partial charge is 0.320 e. The molecule has 2 atom stereocenters. The summed E-state index contributed by atoms with van der Waals surface area (Å²) in [7, 11) is -2.46. The Morgan fingerprint density at radius 1 is 1.30 bits per heavy atom. The molecule has 0 aliphatic carbocycles. The van der Waals surface area contributed by atoms with E-state index < -0.39 is 25.5 Å². The number of hydrogen-bond donors (Lipinski definition) is 2. The average Bonchev–Trinajstić information content (AvgIpc) is 2.92. The van der Waals surface area contributed by atoms with Gasteiger partial charge < -0.3 is 19.6 Å². The second-order valence-corrected chi connectivity index (χ2v) is 14.2. The number of carboxylic acids is 1. The first-order valence-electron chi connectivity index (χ1n) is 9.73. The maximum atomic E-state index is 11.8. The number of aliphatic carboxylic acids is 1. The highest BCUT2D eigenvalue weighted by Crippen LogP contribution is 2.41. The van der Waals surface area contributed by atoms with Crippen molar-refractivity contribution in [1.82, 2.24) is 10.2 Å². The quantitative estimate of drug-likeness (QED) is 0.431. The Bertz CT molecular complexity index is 542. The Labute approximate surface area is 164 Å². The number of carboxylic acid groups (broad SMARTS) is 1. The number of carbonyl (C=O) groups excluding carboxylic acids is 2. The van der Waals surface area contributed by atoms with Gasteiger partial charge in [0.1, 0.15) is 12.3 Å². The lowest BCUT2D eigenvalue weighted by Gasteiger charge is -2.50. The molecular weight excluding hydrogens is 364 g/mol. The summed E-state index contributed by atoms with van der Waals surface area (Å²) in [6.45, 7) is 15.4. The number of amides is 1. The maximum Gasteiger partial charge on any atom is 0.320 e. The Kier molecular flexibility index (Phi) is 8.19. The second-order valence-electron chi connectivity index (χ2n) is 8.74. The van der Waals surface area contributed by atoms with Gasteiger partial charge in [0, 0.05) is 32.5 Å². The van der Waals surface area contributed by atoms with Crippen LogP contribution in [0.5, 0.6) is 0 Å². The van der Waals surface area contributed by atoms with Gasteiger partial charge in [-0.25, -0.2) is 0 Å². The molecule has 1 amide bonds. The molecule has 7 nitrogen and oxygen atoms in total. The molecule has 2 N–H and O–H groups in total. The number of likely N-dealkylation sites (tertiary alicyclic amines) is 1. The molecule has 1 aliphatic rings. The zero-order valence-electron chi connectivity index (χ0n) is 17.7. The standard InChI is InChI=1S/C19H36N2O5Si/c1-13(2)27(14(3)4,19(6,7)20-15(5)23)26-9-8-21-11-16(12-22)10-17(21)18(24)25/h12-14,16-17H,8-11H2,1-7H3,(H,20,23)(H,24,25). The minimum atomic E-state index is -2.46. The van der Waals surface area contributed by atoms with Crippen LogP contribution in [0.3, 0.4) is 0 Å². The van der Waals surface area contributed by atoms with Crippen molar-refractivity contribution < 1.29 is 23.9 Å². The predicted molar refractivity (Wildman–Crippen MR) is 107 cm³/mol. The SMILES string of the molecule is CC(=O)NC(C)(C)[Si](OCCN1CC(C=O)CC1C(=O)O)(C(C)C)C(C)C. The molecule has 1 saturated heterocycles. The Morgan fingerprint density at radius 3 is 2.26 bits per heavy atom. The lowest BCUT2D eigenvalue weighted by molar-refractivity contribution is -0.142. The summed E-state index contributed by atoms with van der Waals surface area (Å²) in [5.74, 6) is -1.21. The second kappa shape index (κ2) is 9.30. The maximum absolute atomic E-state index is 11.8. The fourth-order valence-corrected chi connectivity index (χ4v) is 11.1. The first kappa shape index (κ1) is 23.8. The van der Waals surface area contributed by atoms with Gasteiger partial charge in [-0.2, -0.15) is 0 Å². The van der Waals surface area contributed by atoms with Crippen molar-refractivity contribution in [3.05, 3.63) is 0 Å². The number of rotatable bonds is 10. The number of aldehydes is 1. The predicted octanol–water partition coefficient (Wildman–Crippen LogP) is 2.20. The molecule has 1 heterocycles. The third-order valence-corrected chi connectivity index (χ3v) is 12.0. The van der Waals surface area contributed by atoms with Crippen LogP contribution in [0.15, 0.2) is 0 Å². The highest BCUT2D eigenvalue weighted by Gasteiger charge is 2.54. The summed E-state index contributed by atoms with van der Waals surface area (Å²) in [6.07, 6.45) is 1.20. The minimum absolute atomic E-state index is 0.0823. The van der Waals surface area contributed by atoms with E-state index in [9.17, 15) is 19.5 Å². The third kappa shape index (κ3) is 5.17. The van der Waals surface area contributed by atoms with E-state index in [1.54, 1.807) is 0 Å². The average molecular weight is 401 g/mol. The van der Waals surface area contributed by atoms with Crippen molar-refractivity contribution in [3.63, 3.8) is 0 Å². The number of carbonyl (C=O) groups is 3. The van der Waals surface area contributed by atoms with Crippen molar-refractivity contribution >= 4 is 26.5 Å². The van der Waals surface area contributed by atoms with E-state index in [4.69, 9.17) is 4.43 Å². The molecule has 0 aromatic carbocycles. The van der Waals surface area contributed by atoms with Gasteiger partial charge in [0.15, 0.2) is 0 Å². The van der Waals surface area contributed by atoms with Gasteiger partial charge in [0.2, 0.25) is 14.2 Å². The molecule has 2 unspecified atom stereocenters. The van der Waals surface area contributed by atoms with Gasteiger partial charge in [-0.15, -0.1) is 0 Å². The van der Waals surface area contributed by atoms with Crippen LogP contribution < -0.4 is 5.32 Å². The summed E-state index contributed by atoms with van der Waals surface area (Å²) < 4.78 is 6.58. The summed E-state index contributed by atoms with van der Waals surface area (Å²) in [6, 6.07) is -0.638. The molecule has 156 valence electrons. The van der Waals surface area contributed by atoms with Crippen LogP contribution >= 0.6 is 0 Å². The first-order chi connectivity index (χ1) is 12.4. The monoisotopic (exact) mass is 400 g/mol. The summed E-state index contributed by atoms with van der Waals surface area (Å²) in [5.41, 5.74) is 0.520. The Hall–Kier alpha value is -1.25. The molecule has 0 aromatic heterocycles. The molecule has 0 saturated carbocycles. The normalized spacial score (nSPS) is 21.7. The fourth-order valence-electron chi connectivity index (χ4n) is 5.03. The van der Waals surface area contributed by atoms with E-state index in [2.05, 4.69) is 33.0 Å². The van der Waals surface area contributed by atoms with Gasteiger partial charge in [-0.1, -0.05) is 27.7 Å². The zero-order chi connectivity index (χ0) is 21.0. The van der Waals surface area contributed by atoms with Crippen LogP contribution in [-0.2, 0) is 18.8 Å². The molecule has 1 rings (SSSR count). The van der Waals surface area contributed by atoms with Gasteiger partial charge in [-0.3, -0.25) is 14.5 Å². The van der Waals surface area contributed by atoms with E-state index in [0.29, 0.717) is 26.1 Å². The van der Waals surface area contributed by atoms with Gasteiger partial charge in [-0.05, 0) is 31.4 Å². The lowest BCUT2D eigenvalue weighted by Crippen LogP contribution is -2.69. The number of nitrogens with one attached hydrogen (secondary N) is 1. The lowest BCUT2D eigenvalue weighted by atomic mass is 10.1. The fraction of sp³-hybridized carbons (Fsp3) is 0.842. The summed E-state index contributed by atoms with van der Waals surface area (Å²) in [4.78, 5) is 36.2. The summed E-state index contributed by atoms with van der Waals surface area (Å²) >= 11 is 0. The van der Waals surface area contributed by atoms with Gasteiger partial charge >= 0.3 is 5.97 Å². The molecule has 0 spiro atoms. The highest BCUT2D eigenvalue weighted by atomic mass is 28.4.